The van der Waals surface area contributed by atoms with Crippen LogP contribution in [0.2, 0.25) is 0 Å². The van der Waals surface area contributed by atoms with Crippen molar-refractivity contribution in [1.29, 1.82) is 0 Å². The molecule has 0 aromatic heterocycles. The maximum Gasteiger partial charge on any atom is 0.155 e. The van der Waals surface area contributed by atoms with Gasteiger partial charge in [0.1, 0.15) is 13.2 Å². The highest BCUT2D eigenvalue weighted by molar-refractivity contribution is 4.62. The van der Waals surface area contributed by atoms with Gasteiger partial charge in [-0.2, -0.15) is 0 Å². The summed E-state index contributed by atoms with van der Waals surface area (Å²) in [4.78, 5) is 26.0. The van der Waals surface area contributed by atoms with Gasteiger partial charge in [-0.05, 0) is 0 Å². The van der Waals surface area contributed by atoms with E-state index in [1.807, 2.05) is 0 Å². The molecule has 0 spiro atoms. The minimum absolute atomic E-state index is 0.198. The Morgan fingerprint density at radius 1 is 1.00 bits per heavy atom. The number of hydrogen-bond donors (Lipinski definition) is 0. The normalized spacial score (nSPS) is 6.67. The molecule has 0 aromatic rings. The van der Waals surface area contributed by atoms with Gasteiger partial charge in [-0.3, -0.25) is 0 Å². The van der Waals surface area contributed by atoms with Gasteiger partial charge in [0.2, 0.25) is 0 Å². The number of hydrogen-bond acceptors (Lipinski definition) is 6. The Labute approximate surface area is 69.7 Å². The molecular formula is C6H10N2O4. The third-order valence-electron chi connectivity index (χ3n) is 0.490. The second-order valence-corrected chi connectivity index (χ2v) is 1.32. The van der Waals surface area contributed by atoms with Gasteiger partial charge < -0.3 is 9.68 Å². The van der Waals surface area contributed by atoms with Crippen molar-refractivity contribution < 1.29 is 9.68 Å². The predicted octanol–water partition coefficient (Wildman–Crippen LogP) is 1.74. The summed E-state index contributed by atoms with van der Waals surface area (Å²) in [7, 11) is 0. The number of nitrogens with zero attached hydrogens (tertiary/aromatic N) is 2. The Bertz CT molecular complexity index is 106. The largest absolute Gasteiger partial charge is 0.360 e. The fourth-order valence-electron chi connectivity index (χ4n) is 0.166. The molecule has 0 atom stereocenters. The van der Waals surface area contributed by atoms with Crippen molar-refractivity contribution in [2.24, 2.45) is 10.7 Å². The third kappa shape index (κ3) is 24.0. The number of rotatable bonds is 6. The monoisotopic (exact) mass is 174 g/mol. The van der Waals surface area contributed by atoms with E-state index in [-0.39, 0.29) is 13.2 Å². The molecule has 0 unspecified atom stereocenters. The summed E-state index contributed by atoms with van der Waals surface area (Å²) in [5, 5.41) is 4.21. The second-order valence-electron chi connectivity index (χ2n) is 1.32. The SMILES string of the molecule is C=CCON=O.C=CCON=O. The first-order valence-corrected chi connectivity index (χ1v) is 2.94. The molecule has 0 saturated carbocycles. The zero-order chi connectivity index (χ0) is 9.66. The van der Waals surface area contributed by atoms with Crippen LogP contribution >= 0.6 is 0 Å². The molecule has 0 fully saturated rings. The van der Waals surface area contributed by atoms with E-state index in [0.717, 1.165) is 0 Å². The van der Waals surface area contributed by atoms with Crippen LogP contribution in [0.3, 0.4) is 0 Å². The lowest BCUT2D eigenvalue weighted by Crippen LogP contribution is -1.75. The molecule has 0 amide bonds. The van der Waals surface area contributed by atoms with Crippen molar-refractivity contribution in [3.63, 3.8) is 0 Å². The molecule has 0 bridgehead atoms. The van der Waals surface area contributed by atoms with Gasteiger partial charge in [0, 0.05) is 0 Å². The highest BCUT2D eigenvalue weighted by Gasteiger charge is 1.67. The van der Waals surface area contributed by atoms with Gasteiger partial charge in [0.15, 0.2) is 10.7 Å². The van der Waals surface area contributed by atoms with Crippen LogP contribution < -0.4 is 0 Å². The zero-order valence-corrected chi connectivity index (χ0v) is 6.51. The van der Waals surface area contributed by atoms with Crippen LogP contribution in [0.15, 0.2) is 36.0 Å². The van der Waals surface area contributed by atoms with Crippen molar-refractivity contribution in [2.75, 3.05) is 13.2 Å². The molecule has 6 heteroatoms. The Morgan fingerprint density at radius 3 is 1.42 bits per heavy atom. The van der Waals surface area contributed by atoms with E-state index in [4.69, 9.17) is 9.81 Å². The van der Waals surface area contributed by atoms with E-state index in [2.05, 4.69) is 33.5 Å². The van der Waals surface area contributed by atoms with E-state index in [1.165, 1.54) is 12.2 Å². The first-order valence-electron chi connectivity index (χ1n) is 2.94. The predicted molar refractivity (Wildman–Crippen MR) is 43.9 cm³/mol. The van der Waals surface area contributed by atoms with E-state index >= 15 is 0 Å². The molecule has 0 aliphatic rings. The minimum atomic E-state index is 0.198. The van der Waals surface area contributed by atoms with Crippen LogP contribution in [0.25, 0.3) is 0 Å². The van der Waals surface area contributed by atoms with E-state index in [0.29, 0.717) is 0 Å². The summed E-state index contributed by atoms with van der Waals surface area (Å²) in [5.41, 5.74) is 0. The fraction of sp³-hybridized carbons (Fsp3) is 0.333. The quantitative estimate of drug-likeness (QED) is 0.266. The summed E-state index contributed by atoms with van der Waals surface area (Å²) in [5.74, 6) is 0. The molecule has 0 aliphatic carbocycles. The molecule has 0 aromatic carbocycles. The van der Waals surface area contributed by atoms with Crippen molar-refractivity contribution >= 4 is 0 Å². The van der Waals surface area contributed by atoms with Gasteiger partial charge in [-0.15, -0.1) is 9.81 Å². The Kier molecular flexibility index (Phi) is 17.4. The summed E-state index contributed by atoms with van der Waals surface area (Å²) in [6.45, 7) is 6.94. The van der Waals surface area contributed by atoms with Crippen molar-refractivity contribution in [1.82, 2.24) is 0 Å². The first kappa shape index (κ1) is 12.9. The summed E-state index contributed by atoms with van der Waals surface area (Å²) in [6, 6.07) is 0. The summed E-state index contributed by atoms with van der Waals surface area (Å²) in [6.07, 6.45) is 2.89. The first-order chi connectivity index (χ1) is 5.83. The maximum absolute atomic E-state index is 9.04. The van der Waals surface area contributed by atoms with Crippen LogP contribution in [0.5, 0.6) is 0 Å². The second kappa shape index (κ2) is 16.1. The van der Waals surface area contributed by atoms with E-state index in [9.17, 15) is 0 Å². The molecule has 0 saturated heterocycles. The highest BCUT2D eigenvalue weighted by atomic mass is 16.7. The van der Waals surface area contributed by atoms with E-state index < -0.39 is 0 Å². The topological polar surface area (TPSA) is 77.3 Å². The van der Waals surface area contributed by atoms with Crippen molar-refractivity contribution in [3.8, 4) is 0 Å². The molecule has 0 heterocycles. The molecule has 12 heavy (non-hydrogen) atoms. The zero-order valence-electron chi connectivity index (χ0n) is 6.51. The Morgan fingerprint density at radius 2 is 1.33 bits per heavy atom. The lowest BCUT2D eigenvalue weighted by molar-refractivity contribution is 0.169. The van der Waals surface area contributed by atoms with E-state index in [1.54, 1.807) is 0 Å². The lowest BCUT2D eigenvalue weighted by Gasteiger charge is -1.78. The van der Waals surface area contributed by atoms with Crippen molar-refractivity contribution in [2.45, 2.75) is 0 Å². The molecule has 6 nitrogen and oxygen atoms in total. The van der Waals surface area contributed by atoms with Gasteiger partial charge in [0.05, 0.1) is 0 Å². The Balaban J connectivity index is 0. The van der Waals surface area contributed by atoms with Crippen molar-refractivity contribution in [3.05, 3.63) is 35.1 Å². The van der Waals surface area contributed by atoms with Crippen LogP contribution in [0.4, 0.5) is 0 Å². The molecule has 0 radical (unpaired) electrons. The third-order valence-corrected chi connectivity index (χ3v) is 0.490. The summed E-state index contributed by atoms with van der Waals surface area (Å²) >= 11 is 0. The molecule has 68 valence electrons. The molecular weight excluding hydrogens is 164 g/mol. The average molecular weight is 174 g/mol. The van der Waals surface area contributed by atoms with Crippen LogP contribution in [0.1, 0.15) is 0 Å². The van der Waals surface area contributed by atoms with Crippen LogP contribution in [-0.2, 0) is 9.68 Å². The fourth-order valence-corrected chi connectivity index (χ4v) is 0.166. The highest BCUT2D eigenvalue weighted by Crippen LogP contribution is 1.70. The van der Waals surface area contributed by atoms with Gasteiger partial charge in [0.25, 0.3) is 0 Å². The van der Waals surface area contributed by atoms with Gasteiger partial charge in [-0.1, -0.05) is 25.3 Å². The lowest BCUT2D eigenvalue weighted by atomic mass is 10.7. The Hall–Kier alpha value is -1.72. The maximum atomic E-state index is 9.04. The van der Waals surface area contributed by atoms with Crippen LogP contribution in [-0.4, -0.2) is 13.2 Å². The minimum Gasteiger partial charge on any atom is -0.360 e. The van der Waals surface area contributed by atoms with Gasteiger partial charge >= 0.3 is 0 Å². The molecule has 0 N–H and O–H groups in total. The summed E-state index contributed by atoms with van der Waals surface area (Å²) < 4.78 is 0. The molecule has 0 rings (SSSR count). The van der Waals surface area contributed by atoms with Gasteiger partial charge in [-0.25, -0.2) is 0 Å². The van der Waals surface area contributed by atoms with Crippen LogP contribution in [0, 0.1) is 9.81 Å². The molecule has 0 aliphatic heterocycles. The smallest absolute Gasteiger partial charge is 0.155 e. The standard InChI is InChI=1S/2C3H5NO2/c2*1-2-3-6-4-5/h2*2H,1,3H2. The average Bonchev–Trinajstić information content (AvgIpc) is 2.12.